The summed E-state index contributed by atoms with van der Waals surface area (Å²) in [6.45, 7) is -9.10. The molecule has 7 rings (SSSR count). The van der Waals surface area contributed by atoms with E-state index in [-0.39, 0.29) is 53.7 Å². The quantitative estimate of drug-likeness (QED) is 0.101. The van der Waals surface area contributed by atoms with Crippen molar-refractivity contribution in [3.05, 3.63) is 29.3 Å². The van der Waals surface area contributed by atoms with Crippen LogP contribution in [-0.2, 0) is 43.9 Å². The predicted molar refractivity (Wildman–Crippen MR) is 168 cm³/mol. The van der Waals surface area contributed by atoms with Crippen LogP contribution in [-0.4, -0.2) is 99.3 Å². The summed E-state index contributed by atoms with van der Waals surface area (Å²) in [5, 5.41) is 11.4. The van der Waals surface area contributed by atoms with E-state index < -0.39 is 74.6 Å². The number of nitrogen functional groups attached to an aromatic ring is 2. The molecule has 0 saturated carbocycles. The number of anilines is 2. The maximum Gasteiger partial charge on any atom is 0.386 e. The van der Waals surface area contributed by atoms with Crippen molar-refractivity contribution in [2.75, 3.05) is 31.2 Å². The van der Waals surface area contributed by atoms with Crippen molar-refractivity contribution in [1.29, 1.82) is 0 Å². The van der Waals surface area contributed by atoms with Crippen LogP contribution in [0.15, 0.2) is 23.8 Å². The molecule has 0 amide bonds. The van der Waals surface area contributed by atoms with Gasteiger partial charge in [-0.15, -0.1) is 0 Å². The number of aromatic amines is 1. The van der Waals surface area contributed by atoms with Crippen molar-refractivity contribution in [2.24, 2.45) is 11.7 Å². The molecule has 3 aliphatic rings. The molecule has 9 N–H and O–H groups in total. The highest BCUT2D eigenvalue weighted by Crippen LogP contribution is 2.58. The molecule has 47 heavy (non-hydrogen) atoms. The standard InChI is InChI=1S/C22H29N11O10P2S2/c23-2-1-8-9-3-38-45(37,47)43-15-10(41-20(13(15)34)32-6-28-11-16(24)26-5-27-17(11)32)4-39-44(36,46)42-14(8)21(40-9)33-7-29-12-18(33)30-22(25)31-19(12)35/h5-10,13-15,20-21,34H,1-4,23H2,(H,36,46)(H,37,47)(H2,24,26,27)(H3,25,30,31,35)/t8?,9-,10-,13+,14?,15?,20-,21-,44?,45?/m1/s1. The summed E-state index contributed by atoms with van der Waals surface area (Å²) in [6, 6.07) is 0. The van der Waals surface area contributed by atoms with E-state index in [1.807, 2.05) is 0 Å². The number of ether oxygens (including phenoxy) is 2. The van der Waals surface area contributed by atoms with Crippen molar-refractivity contribution in [2.45, 2.75) is 49.4 Å². The third-order valence-corrected chi connectivity index (χ3v) is 11.2. The van der Waals surface area contributed by atoms with Crippen molar-refractivity contribution in [3.63, 3.8) is 0 Å². The second kappa shape index (κ2) is 12.4. The summed E-state index contributed by atoms with van der Waals surface area (Å²) in [7, 11) is 0. The molecule has 0 aliphatic carbocycles. The first-order valence-electron chi connectivity index (χ1n) is 14.0. The third-order valence-electron chi connectivity index (χ3n) is 8.00. The first kappa shape index (κ1) is 32.9. The van der Waals surface area contributed by atoms with Gasteiger partial charge in [-0.2, -0.15) is 4.98 Å². The van der Waals surface area contributed by atoms with Crippen LogP contribution in [0.5, 0.6) is 0 Å². The molecular weight excluding hydrogens is 704 g/mol. The minimum Gasteiger partial charge on any atom is -0.386 e. The Labute approximate surface area is 274 Å². The molecule has 25 heteroatoms. The van der Waals surface area contributed by atoms with E-state index in [9.17, 15) is 19.4 Å². The van der Waals surface area contributed by atoms with E-state index in [0.717, 1.165) is 0 Å². The van der Waals surface area contributed by atoms with Crippen LogP contribution in [0.25, 0.3) is 22.3 Å². The van der Waals surface area contributed by atoms with Crippen LogP contribution < -0.4 is 22.8 Å². The Bertz CT molecular complexity index is 1980. The highest BCUT2D eigenvalue weighted by Gasteiger charge is 2.53. The number of thiol groups is 1. The van der Waals surface area contributed by atoms with Gasteiger partial charge < -0.3 is 45.7 Å². The van der Waals surface area contributed by atoms with E-state index in [2.05, 4.69) is 42.2 Å². The number of nitrogens with one attached hydrogen (secondary N) is 1. The molecule has 21 nitrogen and oxygen atoms in total. The molecule has 7 heterocycles. The Morgan fingerprint density at radius 1 is 1.00 bits per heavy atom. The summed E-state index contributed by atoms with van der Waals surface area (Å²) in [6.07, 6.45) is -4.18. The molecule has 0 spiro atoms. The van der Waals surface area contributed by atoms with Gasteiger partial charge in [0, 0.05) is 5.92 Å². The highest BCUT2D eigenvalue weighted by molar-refractivity contribution is 8.44. The van der Waals surface area contributed by atoms with Crippen LogP contribution in [0, 0.1) is 5.92 Å². The molecule has 254 valence electrons. The maximum atomic E-state index is 13.6. The highest BCUT2D eigenvalue weighted by atomic mass is 32.7. The number of fused-ring (bicyclic) bond motifs is 5. The number of hydrogen-bond donors (Lipinski definition) is 7. The maximum absolute atomic E-state index is 13.6. The van der Waals surface area contributed by atoms with Crippen molar-refractivity contribution >= 4 is 71.7 Å². The Morgan fingerprint density at radius 3 is 2.47 bits per heavy atom. The molecule has 5 unspecified atom stereocenters. The largest absolute Gasteiger partial charge is 0.386 e. The van der Waals surface area contributed by atoms with Crippen molar-refractivity contribution < 1.29 is 42.1 Å². The van der Waals surface area contributed by atoms with Crippen LogP contribution in [0.4, 0.5) is 11.8 Å². The fraction of sp³-hybridized carbons (Fsp3) is 0.545. The van der Waals surface area contributed by atoms with Crippen LogP contribution in [0.3, 0.4) is 0 Å². The molecule has 3 saturated heterocycles. The minimum atomic E-state index is -4.26. The van der Waals surface area contributed by atoms with Gasteiger partial charge in [-0.1, -0.05) is 12.2 Å². The van der Waals surface area contributed by atoms with Crippen molar-refractivity contribution in [1.82, 2.24) is 39.0 Å². The van der Waals surface area contributed by atoms with Gasteiger partial charge in [0.2, 0.25) is 5.95 Å². The van der Waals surface area contributed by atoms with E-state index in [0.29, 0.717) is 0 Å². The number of aromatic nitrogens is 8. The molecule has 0 aromatic carbocycles. The summed E-state index contributed by atoms with van der Waals surface area (Å²) in [5.41, 5.74) is 17.6. The molecule has 0 radical (unpaired) electrons. The number of rotatable bonds is 4. The van der Waals surface area contributed by atoms with Crippen LogP contribution in [0.2, 0.25) is 0 Å². The number of hydrogen-bond acceptors (Lipinski definition) is 18. The van der Waals surface area contributed by atoms with E-state index in [1.165, 1.54) is 28.1 Å². The topological polar surface area (TPSA) is 298 Å². The molecular formula is C22H29N11O10P2S2. The number of nitrogens with two attached hydrogens (primary N) is 3. The summed E-state index contributed by atoms with van der Waals surface area (Å²) in [5.74, 6) is -0.688. The molecule has 2 bridgehead atoms. The normalized spacial score (nSPS) is 36.6. The van der Waals surface area contributed by atoms with Gasteiger partial charge >= 0.3 is 13.5 Å². The molecule has 3 aliphatic heterocycles. The van der Waals surface area contributed by atoms with Gasteiger partial charge in [0.25, 0.3) is 5.56 Å². The van der Waals surface area contributed by atoms with E-state index in [1.54, 1.807) is 0 Å². The van der Waals surface area contributed by atoms with Gasteiger partial charge in [-0.25, -0.2) is 24.5 Å². The number of aliphatic hydroxyl groups excluding tert-OH is 1. The summed E-state index contributed by atoms with van der Waals surface area (Å²) in [4.78, 5) is 46.8. The second-order valence-electron chi connectivity index (χ2n) is 10.9. The van der Waals surface area contributed by atoms with Gasteiger partial charge in [-0.3, -0.25) is 28.0 Å². The lowest BCUT2D eigenvalue weighted by atomic mass is 9.94. The number of H-pyrrole nitrogens is 1. The van der Waals surface area contributed by atoms with E-state index >= 15 is 0 Å². The Hall–Kier alpha value is -2.63. The fourth-order valence-corrected chi connectivity index (χ4v) is 8.88. The molecule has 4 aromatic heterocycles. The van der Waals surface area contributed by atoms with Gasteiger partial charge in [0.05, 0.1) is 32.0 Å². The number of imidazole rings is 2. The smallest absolute Gasteiger partial charge is 0.386 e. The Kier molecular flexibility index (Phi) is 8.65. The zero-order valence-corrected chi connectivity index (χ0v) is 27.5. The lowest BCUT2D eigenvalue weighted by Gasteiger charge is -2.28. The lowest BCUT2D eigenvalue weighted by Crippen LogP contribution is -2.36. The monoisotopic (exact) mass is 733 g/mol. The second-order valence-corrected chi connectivity index (χ2v) is 16.6. The van der Waals surface area contributed by atoms with Crippen molar-refractivity contribution in [3.8, 4) is 0 Å². The Balaban J connectivity index is 1.23. The fourth-order valence-electron chi connectivity index (χ4n) is 5.94. The third kappa shape index (κ3) is 6.09. The van der Waals surface area contributed by atoms with Crippen LogP contribution >= 0.6 is 25.8 Å². The number of nitrogens with zero attached hydrogens (tertiary/aromatic N) is 7. The zero-order valence-electron chi connectivity index (χ0n) is 24.0. The van der Waals surface area contributed by atoms with Gasteiger partial charge in [0.1, 0.15) is 36.3 Å². The average Bonchev–Trinajstić information content (AvgIpc) is 3.76. The minimum absolute atomic E-state index is 0.0312. The predicted octanol–water partition coefficient (Wildman–Crippen LogP) is -0.683. The van der Waals surface area contributed by atoms with Gasteiger partial charge in [-0.05, 0) is 24.8 Å². The molecule has 4 aromatic rings. The summed E-state index contributed by atoms with van der Waals surface area (Å²) < 4.78 is 52.0. The first-order chi connectivity index (χ1) is 22.4. The SMILES string of the molecule is NCCC1C2OP(O)(=S)OC[C@H]3O[C@@H](n4cnc5c(N)ncnc54)[C@@H](O)C3OP(=O)(S)OC[C@H]1O[C@H]2n1cnc2c(=O)[nH]c(N)nc21. The van der Waals surface area contributed by atoms with E-state index in [4.69, 9.17) is 56.6 Å². The summed E-state index contributed by atoms with van der Waals surface area (Å²) >= 11 is 9.58. The molecule has 3 fully saturated rings. The first-order valence-corrected chi connectivity index (χ1v) is 19.3. The zero-order chi connectivity index (χ0) is 33.2. The lowest BCUT2D eigenvalue weighted by molar-refractivity contribution is -0.0593. The number of aliphatic hydroxyl groups is 1. The van der Waals surface area contributed by atoms with Crippen LogP contribution in [0.1, 0.15) is 18.9 Å². The van der Waals surface area contributed by atoms with Gasteiger partial charge in [0.15, 0.2) is 35.1 Å². The Morgan fingerprint density at radius 2 is 1.70 bits per heavy atom. The molecule has 10 atom stereocenters. The average molecular weight is 734 g/mol.